The van der Waals surface area contributed by atoms with E-state index in [0.29, 0.717) is 30.3 Å². The smallest absolute Gasteiger partial charge is 0.268 e. The Balaban J connectivity index is 0.00000304. The molecule has 1 fully saturated rings. The molecule has 192 valence electrons. The fraction of sp³-hybridized carbons (Fsp3) is 0.333. The Morgan fingerprint density at radius 1 is 0.972 bits per heavy atom. The van der Waals surface area contributed by atoms with Gasteiger partial charge >= 0.3 is 0 Å². The molecule has 0 radical (unpaired) electrons. The zero-order chi connectivity index (χ0) is 24.4. The number of para-hydroxylation sites is 3. The maximum absolute atomic E-state index is 13.7. The predicted octanol–water partition coefficient (Wildman–Crippen LogP) is 4.86. The highest BCUT2D eigenvalue weighted by atomic mass is 35.5. The van der Waals surface area contributed by atoms with Crippen LogP contribution in [0.2, 0.25) is 0 Å². The number of β-amino-alcohol motifs (C(OH)–C–C–N with tert-alkyl or cyclic N) is 1. The van der Waals surface area contributed by atoms with Crippen molar-refractivity contribution in [2.75, 3.05) is 37.6 Å². The highest BCUT2D eigenvalue weighted by Crippen LogP contribution is 2.43. The number of likely N-dealkylation sites (tertiary alicyclic amines) is 1. The summed E-state index contributed by atoms with van der Waals surface area (Å²) in [6.45, 7) is 2.55. The van der Waals surface area contributed by atoms with Crippen molar-refractivity contribution in [1.82, 2.24) is 4.90 Å². The number of ether oxygens (including phenoxy) is 2. The highest BCUT2D eigenvalue weighted by molar-refractivity contribution is 7.93. The lowest BCUT2D eigenvalue weighted by Crippen LogP contribution is -2.42. The number of aliphatic hydroxyl groups is 1. The predicted molar refractivity (Wildman–Crippen MR) is 142 cm³/mol. The fourth-order valence-electron chi connectivity index (χ4n) is 4.82. The van der Waals surface area contributed by atoms with Crippen molar-refractivity contribution in [1.29, 1.82) is 0 Å². The van der Waals surface area contributed by atoms with Crippen molar-refractivity contribution in [3.63, 3.8) is 0 Å². The molecule has 3 aromatic rings. The molecule has 0 unspecified atom stereocenters. The minimum absolute atomic E-state index is 0. The average Bonchev–Trinajstić information content (AvgIpc) is 2.97. The molecule has 0 saturated carbocycles. The number of fused-ring (bicyclic) bond motifs is 2. The third-order valence-electron chi connectivity index (χ3n) is 6.83. The van der Waals surface area contributed by atoms with Gasteiger partial charge in [-0.15, -0.1) is 12.4 Å². The molecule has 2 aliphatic heterocycles. The quantitative estimate of drug-likeness (QED) is 0.490. The molecule has 0 spiro atoms. The van der Waals surface area contributed by atoms with E-state index in [9.17, 15) is 13.5 Å². The van der Waals surface area contributed by atoms with Gasteiger partial charge in [0.05, 0.1) is 18.9 Å². The molecule has 0 aliphatic carbocycles. The van der Waals surface area contributed by atoms with Crippen LogP contribution in [-0.4, -0.2) is 51.7 Å². The maximum Gasteiger partial charge on any atom is 0.268 e. The van der Waals surface area contributed by atoms with Gasteiger partial charge in [0.1, 0.15) is 16.4 Å². The molecule has 0 bridgehead atoms. The monoisotopic (exact) mass is 530 g/mol. The summed E-state index contributed by atoms with van der Waals surface area (Å²) in [7, 11) is -2.14. The molecule has 36 heavy (non-hydrogen) atoms. The molecule has 1 N–H and O–H groups in total. The Morgan fingerprint density at radius 2 is 1.61 bits per heavy atom. The summed E-state index contributed by atoms with van der Waals surface area (Å²) in [4.78, 5) is 2.44. The molecule has 0 amide bonds. The second-order valence-corrected chi connectivity index (χ2v) is 10.9. The third-order valence-corrected chi connectivity index (χ3v) is 8.65. The van der Waals surface area contributed by atoms with Gasteiger partial charge in [-0.3, -0.25) is 4.31 Å². The number of sulfonamides is 1. The molecule has 3 aromatic carbocycles. The number of hydrogen-bond acceptors (Lipinski definition) is 6. The second kappa shape index (κ2) is 11.1. The second-order valence-electron chi connectivity index (χ2n) is 9.09. The van der Waals surface area contributed by atoms with Gasteiger partial charge in [-0.05, 0) is 73.8 Å². The van der Waals surface area contributed by atoms with E-state index in [1.54, 1.807) is 37.4 Å². The number of methoxy groups -OCH3 is 1. The van der Waals surface area contributed by atoms with E-state index < -0.39 is 16.1 Å². The molecule has 9 heteroatoms. The number of aliphatic hydroxyl groups excluding tert-OH is 1. The van der Waals surface area contributed by atoms with Crippen LogP contribution < -0.4 is 13.8 Å². The van der Waals surface area contributed by atoms with E-state index in [4.69, 9.17) is 9.47 Å². The van der Waals surface area contributed by atoms with Gasteiger partial charge < -0.3 is 19.5 Å². The summed E-state index contributed by atoms with van der Waals surface area (Å²) < 4.78 is 40.0. The summed E-state index contributed by atoms with van der Waals surface area (Å²) in [5.41, 5.74) is 1.43. The lowest BCUT2D eigenvalue weighted by molar-refractivity contribution is 0.0905. The van der Waals surface area contributed by atoms with Gasteiger partial charge in [-0.1, -0.05) is 36.4 Å². The van der Waals surface area contributed by atoms with Crippen LogP contribution in [0.3, 0.4) is 0 Å². The number of halogens is 1. The maximum atomic E-state index is 13.7. The average molecular weight is 531 g/mol. The van der Waals surface area contributed by atoms with Crippen LogP contribution in [0.25, 0.3) is 0 Å². The zero-order valence-electron chi connectivity index (χ0n) is 20.1. The van der Waals surface area contributed by atoms with Gasteiger partial charge in [-0.25, -0.2) is 8.42 Å². The largest absolute Gasteiger partial charge is 0.497 e. The van der Waals surface area contributed by atoms with E-state index in [1.165, 1.54) is 4.31 Å². The topological polar surface area (TPSA) is 79.3 Å². The lowest BCUT2D eigenvalue weighted by atomic mass is 9.96. The summed E-state index contributed by atoms with van der Waals surface area (Å²) in [6.07, 6.45) is 1.13. The minimum Gasteiger partial charge on any atom is -0.497 e. The van der Waals surface area contributed by atoms with Gasteiger partial charge in [0, 0.05) is 13.1 Å². The third kappa shape index (κ3) is 5.32. The number of nitrogens with zero attached hydrogens (tertiary/aromatic N) is 2. The standard InChI is InChI=1S/C27H30N2O5S.ClH/c1-33-22-12-10-21(11-13-22)24(30)19-28-16-14-20(15-17-28)18-29-23-6-2-3-7-25(23)34-26-8-4-5-9-27(26)35(29,31)32;/h2-13,20,24,30H,14-19H2,1H3;1H/t24-;/m0./s1. The molecular formula is C27H31ClN2O5S. The van der Waals surface area contributed by atoms with Crippen LogP contribution in [0.5, 0.6) is 17.2 Å². The number of rotatable bonds is 6. The number of piperidine rings is 1. The van der Waals surface area contributed by atoms with E-state index in [1.807, 2.05) is 42.5 Å². The van der Waals surface area contributed by atoms with Crippen LogP contribution in [0, 0.1) is 5.92 Å². The first-order valence-corrected chi connectivity index (χ1v) is 13.3. The fourth-order valence-corrected chi connectivity index (χ4v) is 6.49. The summed E-state index contributed by atoms with van der Waals surface area (Å²) in [5.74, 6) is 1.86. The Bertz CT molecular complexity index is 1280. The van der Waals surface area contributed by atoms with Crippen molar-refractivity contribution in [2.45, 2.75) is 23.8 Å². The molecule has 5 rings (SSSR count). The first-order valence-electron chi connectivity index (χ1n) is 11.9. The van der Waals surface area contributed by atoms with Crippen LogP contribution in [-0.2, 0) is 10.0 Å². The van der Waals surface area contributed by atoms with E-state index >= 15 is 0 Å². The lowest BCUT2D eigenvalue weighted by Gasteiger charge is -2.35. The number of anilines is 1. The molecular weight excluding hydrogens is 500 g/mol. The summed E-state index contributed by atoms with van der Waals surface area (Å²) in [5, 5.41) is 10.7. The van der Waals surface area contributed by atoms with Crippen molar-refractivity contribution >= 4 is 28.1 Å². The Kier molecular flexibility index (Phi) is 8.10. The molecule has 1 atom stereocenters. The molecule has 7 nitrogen and oxygen atoms in total. The Morgan fingerprint density at radius 3 is 2.31 bits per heavy atom. The van der Waals surface area contributed by atoms with Crippen molar-refractivity contribution in [3.05, 3.63) is 78.4 Å². The van der Waals surface area contributed by atoms with Crippen LogP contribution >= 0.6 is 12.4 Å². The van der Waals surface area contributed by atoms with Gasteiger partial charge in [0.2, 0.25) is 0 Å². The Labute approximate surface area is 218 Å². The van der Waals surface area contributed by atoms with E-state index in [0.717, 1.165) is 37.2 Å². The van der Waals surface area contributed by atoms with E-state index in [-0.39, 0.29) is 23.2 Å². The highest BCUT2D eigenvalue weighted by Gasteiger charge is 2.35. The van der Waals surface area contributed by atoms with Gasteiger partial charge in [0.15, 0.2) is 5.75 Å². The van der Waals surface area contributed by atoms with Crippen molar-refractivity contribution < 1.29 is 23.0 Å². The molecule has 0 aromatic heterocycles. The first-order chi connectivity index (χ1) is 17.0. The number of benzene rings is 3. The SMILES string of the molecule is COc1ccc([C@@H](O)CN2CCC(CN3c4ccccc4Oc4ccccc4S3(=O)=O)CC2)cc1.Cl. The molecule has 2 aliphatic rings. The zero-order valence-corrected chi connectivity index (χ0v) is 21.7. The molecule has 2 heterocycles. The summed E-state index contributed by atoms with van der Waals surface area (Å²) in [6, 6.07) is 21.6. The van der Waals surface area contributed by atoms with Crippen LogP contribution in [0.15, 0.2) is 77.7 Å². The molecule has 1 saturated heterocycles. The van der Waals surface area contributed by atoms with Gasteiger partial charge in [-0.2, -0.15) is 0 Å². The van der Waals surface area contributed by atoms with Crippen molar-refractivity contribution in [2.24, 2.45) is 5.92 Å². The normalized spacial score (nSPS) is 18.1. The van der Waals surface area contributed by atoms with E-state index in [2.05, 4.69) is 4.90 Å². The Hall–Kier alpha value is -2.78. The minimum atomic E-state index is -3.76. The van der Waals surface area contributed by atoms with Gasteiger partial charge in [0.25, 0.3) is 10.0 Å². The first kappa shape index (κ1) is 26.3. The van der Waals surface area contributed by atoms with Crippen molar-refractivity contribution in [3.8, 4) is 17.2 Å². The number of hydrogen-bond donors (Lipinski definition) is 1. The van der Waals surface area contributed by atoms with Crippen LogP contribution in [0.1, 0.15) is 24.5 Å². The van der Waals surface area contributed by atoms with Crippen LogP contribution in [0.4, 0.5) is 5.69 Å². The summed E-state index contributed by atoms with van der Waals surface area (Å²) >= 11 is 0.